The van der Waals surface area contributed by atoms with Crippen LogP contribution in [0, 0.1) is 27.7 Å². The quantitative estimate of drug-likeness (QED) is 0.128. The van der Waals surface area contributed by atoms with Crippen molar-refractivity contribution >= 4 is 98.8 Å². The minimum atomic E-state index is -5.50. The molecule has 0 radical (unpaired) electrons. The number of furan rings is 2. The molecule has 8 rings (SSSR count). The Labute approximate surface area is 409 Å². The molecule has 66 heavy (non-hydrogen) atoms. The van der Waals surface area contributed by atoms with Crippen LogP contribution in [0.5, 0.6) is 0 Å². The zero-order valence-electron chi connectivity index (χ0n) is 43.0. The topological polar surface area (TPSA) is 26.3 Å². The van der Waals surface area contributed by atoms with Crippen LogP contribution >= 0.6 is 17.0 Å². The van der Waals surface area contributed by atoms with E-state index >= 15 is 0 Å². The first-order valence-corrected chi connectivity index (χ1v) is 53.3. The van der Waals surface area contributed by atoms with Crippen LogP contribution in [0.25, 0.3) is 45.6 Å². The number of allylic oxidation sites excluding steroid dienone is 2. The first-order chi connectivity index (χ1) is 30.4. The molecule has 0 aliphatic heterocycles. The normalized spacial score (nSPS) is 16.9. The minimum absolute atomic E-state index is 0.232. The molecule has 4 aromatic carbocycles. The molecule has 0 bridgehead atoms. The van der Waals surface area contributed by atoms with Crippen molar-refractivity contribution in [3.8, 4) is 22.3 Å². The van der Waals surface area contributed by atoms with Gasteiger partial charge in [-0.2, -0.15) is 0 Å². The summed E-state index contributed by atoms with van der Waals surface area (Å²) in [6.07, 6.45) is 4.88. The van der Waals surface area contributed by atoms with E-state index in [0.29, 0.717) is 0 Å². The van der Waals surface area contributed by atoms with Gasteiger partial charge in [0.2, 0.25) is 0 Å². The van der Waals surface area contributed by atoms with Crippen molar-refractivity contribution in [2.75, 3.05) is 0 Å². The van der Waals surface area contributed by atoms with Gasteiger partial charge in [-0.25, -0.2) is 0 Å². The van der Waals surface area contributed by atoms with Gasteiger partial charge in [0.1, 0.15) is 0 Å². The second kappa shape index (κ2) is 16.8. The Balaban J connectivity index is 1.47. The number of hydrogen-bond donors (Lipinski definition) is 0. The molecule has 0 saturated heterocycles. The molecule has 2 heterocycles. The fourth-order valence-corrected chi connectivity index (χ4v) is 43.3. The zero-order valence-corrected chi connectivity index (χ0v) is 51.9. The second-order valence-electron chi connectivity index (χ2n) is 24.2. The number of aryl methyl sites for hydroxylation is 4. The fraction of sp³-hybridized carbons (Fsp3) is 0.357. The summed E-state index contributed by atoms with van der Waals surface area (Å²) in [5.41, 5.74) is 13.5. The van der Waals surface area contributed by atoms with Gasteiger partial charge < -0.3 is 0 Å². The van der Waals surface area contributed by atoms with Crippen LogP contribution in [0.3, 0.4) is 0 Å². The Hall–Kier alpha value is -2.53. The van der Waals surface area contributed by atoms with Gasteiger partial charge in [-0.1, -0.05) is 0 Å². The Morgan fingerprint density at radius 3 is 1.03 bits per heavy atom. The third-order valence-electron chi connectivity index (χ3n) is 14.8. The monoisotopic (exact) mass is 1080 g/mol. The van der Waals surface area contributed by atoms with Gasteiger partial charge in [-0.3, -0.25) is 0 Å². The molecule has 0 amide bonds. The van der Waals surface area contributed by atoms with Gasteiger partial charge in [-0.15, -0.1) is 0 Å². The van der Waals surface area contributed by atoms with E-state index in [2.05, 4.69) is 203 Å². The average molecular weight is 1080 g/mol. The molecular weight excluding hydrogens is 1010 g/mol. The van der Waals surface area contributed by atoms with Crippen LogP contribution in [0.4, 0.5) is 0 Å². The van der Waals surface area contributed by atoms with Crippen molar-refractivity contribution in [1.29, 1.82) is 0 Å². The van der Waals surface area contributed by atoms with Crippen molar-refractivity contribution in [2.45, 2.75) is 127 Å². The maximum atomic E-state index is 9.19. The van der Waals surface area contributed by atoms with Gasteiger partial charge in [0, 0.05) is 0 Å². The van der Waals surface area contributed by atoms with Crippen LogP contribution < -0.4 is 20.7 Å². The van der Waals surface area contributed by atoms with E-state index in [1.54, 1.807) is 0 Å². The number of hydrogen-bond acceptors (Lipinski definition) is 2. The molecule has 10 heteroatoms. The van der Waals surface area contributed by atoms with E-state index < -0.39 is 52.7 Å². The Morgan fingerprint density at radius 1 is 0.455 bits per heavy atom. The number of halogens is 2. The first-order valence-electron chi connectivity index (χ1n) is 23.9. The summed E-state index contributed by atoms with van der Waals surface area (Å²) in [4.78, 5) is 0. The van der Waals surface area contributed by atoms with Crippen LogP contribution in [-0.2, 0) is 15.0 Å². The predicted octanol–water partition coefficient (Wildman–Crippen LogP) is 15.8. The van der Waals surface area contributed by atoms with E-state index in [-0.39, 0.29) is 7.25 Å². The molecule has 0 fully saturated rings. The van der Waals surface area contributed by atoms with E-state index in [9.17, 15) is 17.0 Å². The Bertz CT molecular complexity index is 2850. The molecule has 2 aromatic heterocycles. The van der Waals surface area contributed by atoms with Crippen molar-refractivity contribution in [2.24, 2.45) is 0 Å². The number of fused-ring (bicyclic) bond motifs is 2. The molecule has 2 unspecified atom stereocenters. The molecular formula is C56H72Cl2O2Si5Zr. The molecule has 0 saturated carbocycles. The van der Waals surface area contributed by atoms with Crippen LogP contribution in [0.1, 0.15) is 63.7 Å². The van der Waals surface area contributed by atoms with E-state index in [1.165, 1.54) is 76.4 Å². The van der Waals surface area contributed by atoms with E-state index in [4.69, 9.17) is 8.83 Å². The van der Waals surface area contributed by atoms with Gasteiger partial charge in [0.15, 0.2) is 0 Å². The summed E-state index contributed by atoms with van der Waals surface area (Å²) in [5, 5.41) is 6.02. The molecule has 2 atom stereocenters. The van der Waals surface area contributed by atoms with Gasteiger partial charge >= 0.3 is 413 Å². The molecule has 0 N–H and O–H groups in total. The van der Waals surface area contributed by atoms with Crippen molar-refractivity contribution < 1.29 is 23.8 Å². The summed E-state index contributed by atoms with van der Waals surface area (Å²) in [6, 6.07) is 33.1. The number of benzene rings is 4. The Morgan fingerprint density at radius 2 is 0.773 bits per heavy atom. The standard InChI is InChI=1S/2C27H33OSi2.C2H6Si.2ClH.Zr/c2*1-18-9-11-20-13-21(26-12-10-19(2)28-26)16-25(20)27(18)22-14-23(29(3,4)5)17-24(15-22)30(6,7)8;1-3-2;;;/h2*9-17H,1-8H3;1-2H3;2*1H;/q;;;;;+2/p-2. The van der Waals surface area contributed by atoms with Crippen LogP contribution in [0.2, 0.25) is 91.7 Å². The summed E-state index contributed by atoms with van der Waals surface area (Å²) in [6.45, 7) is 43.1. The van der Waals surface area contributed by atoms with Crippen molar-refractivity contribution in [3.05, 3.63) is 141 Å². The van der Waals surface area contributed by atoms with Gasteiger partial charge in [0.25, 0.3) is 0 Å². The van der Waals surface area contributed by atoms with Crippen molar-refractivity contribution in [3.63, 3.8) is 0 Å². The molecule has 2 aliphatic rings. The van der Waals surface area contributed by atoms with Gasteiger partial charge in [-0.05, 0) is 0 Å². The SMILES string of the molecule is Cc1ccc(C2=Cc3c(ccc(C)c3-c3cc([Si](C)(C)C)cc([Si](C)(C)C)c3)[CH]2[Zr]([Cl])([Cl])([CH]2C(c3ccc(C)o3)=Cc3c2ccc(C)c3-c2cc([Si](C)(C)C)cc([Si](C)(C)C)c2)=[Si](C)C)o1. The number of rotatable bonds is 10. The maximum absolute atomic E-state index is 9.19. The van der Waals surface area contributed by atoms with E-state index in [1.807, 2.05) is 13.8 Å². The third kappa shape index (κ3) is 8.62. The fourth-order valence-electron chi connectivity index (χ4n) is 10.6. The summed E-state index contributed by atoms with van der Waals surface area (Å²) >= 11 is -5.50. The predicted molar refractivity (Wildman–Crippen MR) is 302 cm³/mol. The van der Waals surface area contributed by atoms with Gasteiger partial charge in [0.05, 0.1) is 0 Å². The summed E-state index contributed by atoms with van der Waals surface area (Å²) in [7, 11) is 11.7. The van der Waals surface area contributed by atoms with Crippen LogP contribution in [0.15, 0.2) is 93.8 Å². The average Bonchev–Trinajstić information content (AvgIpc) is 4.01. The van der Waals surface area contributed by atoms with E-state index in [0.717, 1.165) is 34.2 Å². The molecule has 0 spiro atoms. The third-order valence-corrected chi connectivity index (χ3v) is 69.1. The zero-order chi connectivity index (χ0) is 48.5. The van der Waals surface area contributed by atoms with Crippen LogP contribution in [-0.4, -0.2) is 37.7 Å². The molecule has 6 aromatic rings. The summed E-state index contributed by atoms with van der Waals surface area (Å²) < 4.78 is 13.0. The Kier molecular flexibility index (Phi) is 12.7. The molecule has 2 nitrogen and oxygen atoms in total. The molecule has 346 valence electrons. The molecule has 2 aliphatic carbocycles. The second-order valence-corrected chi connectivity index (χ2v) is 83.2. The van der Waals surface area contributed by atoms with Crippen molar-refractivity contribution in [1.82, 2.24) is 0 Å². The first kappa shape index (κ1) is 49.9. The summed E-state index contributed by atoms with van der Waals surface area (Å²) in [5.74, 6) is 3.50.